The third kappa shape index (κ3) is 3.48. The number of ether oxygens (including phenoxy) is 1. The molecule has 0 amide bonds. The second-order valence-electron chi connectivity index (χ2n) is 8.53. The summed E-state index contributed by atoms with van der Waals surface area (Å²) in [5.41, 5.74) is 6.38. The number of rotatable bonds is 5. The molecule has 0 radical (unpaired) electrons. The van der Waals surface area contributed by atoms with Gasteiger partial charge in [-0.3, -0.25) is 0 Å². The first-order valence-corrected chi connectivity index (χ1v) is 10.9. The van der Waals surface area contributed by atoms with Gasteiger partial charge in [0.2, 0.25) is 0 Å². The number of para-hydroxylation sites is 2. The van der Waals surface area contributed by atoms with Crippen molar-refractivity contribution < 1.29 is 4.74 Å². The predicted molar refractivity (Wildman–Crippen MR) is 127 cm³/mol. The molecule has 1 aliphatic rings. The monoisotopic (exact) mass is 428 g/mol. The molecule has 4 aromatic rings. The van der Waals surface area contributed by atoms with E-state index in [1.807, 2.05) is 54.9 Å². The summed E-state index contributed by atoms with van der Waals surface area (Å²) in [4.78, 5) is 1.95. The highest BCUT2D eigenvalue weighted by atomic mass is 16.5. The molecule has 7 nitrogen and oxygen atoms in total. The summed E-state index contributed by atoms with van der Waals surface area (Å²) >= 11 is 0. The first kappa shape index (κ1) is 20.5. The summed E-state index contributed by atoms with van der Waals surface area (Å²) in [7, 11) is 3.92. The Hall–Kier alpha value is -3.45. The van der Waals surface area contributed by atoms with Crippen LogP contribution in [0.25, 0.3) is 16.6 Å². The highest BCUT2D eigenvalue weighted by molar-refractivity contribution is 5.92. The quantitative estimate of drug-likeness (QED) is 0.522. The van der Waals surface area contributed by atoms with Crippen molar-refractivity contribution in [2.75, 3.05) is 32.1 Å². The van der Waals surface area contributed by atoms with Gasteiger partial charge in [-0.25, -0.2) is 4.68 Å². The fourth-order valence-electron chi connectivity index (χ4n) is 4.53. The van der Waals surface area contributed by atoms with Gasteiger partial charge in [0.25, 0.3) is 0 Å². The lowest BCUT2D eigenvalue weighted by atomic mass is 9.91. The molecule has 3 heterocycles. The van der Waals surface area contributed by atoms with Crippen molar-refractivity contribution in [3.05, 3.63) is 71.0 Å². The van der Waals surface area contributed by atoms with Crippen LogP contribution in [0.15, 0.2) is 48.5 Å². The number of hydrogen-bond acceptors (Lipinski definition) is 6. The Bertz CT molecular complexity index is 1280. The maximum absolute atomic E-state index is 6.40. The van der Waals surface area contributed by atoms with E-state index in [-0.39, 0.29) is 0 Å². The van der Waals surface area contributed by atoms with Gasteiger partial charge in [0.05, 0.1) is 23.4 Å². The van der Waals surface area contributed by atoms with Gasteiger partial charge in [0.1, 0.15) is 17.0 Å². The SMILES string of the molecule is Cc1nnc(N(C)C)c2nn(-c3ccccc3OCC3CNCc4ccccc43)c(C)c12. The van der Waals surface area contributed by atoms with Crippen LogP contribution in [0, 0.1) is 13.8 Å². The van der Waals surface area contributed by atoms with Gasteiger partial charge in [0.15, 0.2) is 5.82 Å². The van der Waals surface area contributed by atoms with Gasteiger partial charge >= 0.3 is 0 Å². The summed E-state index contributed by atoms with van der Waals surface area (Å²) in [6.45, 7) is 6.47. The van der Waals surface area contributed by atoms with E-state index in [2.05, 4.69) is 46.7 Å². The van der Waals surface area contributed by atoms with Crippen LogP contribution >= 0.6 is 0 Å². The van der Waals surface area contributed by atoms with E-state index in [1.54, 1.807) is 0 Å². The third-order valence-electron chi connectivity index (χ3n) is 6.14. The lowest BCUT2D eigenvalue weighted by Gasteiger charge is -2.26. The Labute approximate surface area is 188 Å². The summed E-state index contributed by atoms with van der Waals surface area (Å²) in [6.07, 6.45) is 0. The molecule has 0 saturated heterocycles. The Kier molecular flexibility index (Phi) is 5.27. The number of fused-ring (bicyclic) bond motifs is 2. The van der Waals surface area contributed by atoms with Gasteiger partial charge in [0, 0.05) is 33.1 Å². The second kappa shape index (κ2) is 8.24. The van der Waals surface area contributed by atoms with E-state index in [0.717, 1.165) is 52.6 Å². The Morgan fingerprint density at radius 2 is 1.84 bits per heavy atom. The smallest absolute Gasteiger partial charge is 0.179 e. The van der Waals surface area contributed by atoms with E-state index >= 15 is 0 Å². The molecule has 0 spiro atoms. The molecule has 2 aromatic heterocycles. The van der Waals surface area contributed by atoms with Crippen molar-refractivity contribution in [3.8, 4) is 11.4 Å². The molecule has 0 fully saturated rings. The highest BCUT2D eigenvalue weighted by Crippen LogP contribution is 2.32. The van der Waals surface area contributed by atoms with Gasteiger partial charge in [-0.1, -0.05) is 36.4 Å². The van der Waals surface area contributed by atoms with Crippen LogP contribution < -0.4 is 15.0 Å². The van der Waals surface area contributed by atoms with Crippen molar-refractivity contribution in [1.82, 2.24) is 25.3 Å². The van der Waals surface area contributed by atoms with E-state index in [0.29, 0.717) is 12.5 Å². The summed E-state index contributed by atoms with van der Waals surface area (Å²) in [5, 5.41) is 18.2. The average Bonchev–Trinajstić information content (AvgIpc) is 3.15. The van der Waals surface area contributed by atoms with Crippen LogP contribution in [-0.2, 0) is 6.54 Å². The first-order valence-electron chi connectivity index (χ1n) is 10.9. The zero-order chi connectivity index (χ0) is 22.2. The number of benzene rings is 2. The van der Waals surface area contributed by atoms with Crippen molar-refractivity contribution in [1.29, 1.82) is 0 Å². The van der Waals surface area contributed by atoms with Crippen molar-refractivity contribution in [2.24, 2.45) is 0 Å². The molecule has 164 valence electrons. The zero-order valence-corrected chi connectivity index (χ0v) is 19.0. The molecule has 32 heavy (non-hydrogen) atoms. The van der Waals surface area contributed by atoms with E-state index in [4.69, 9.17) is 9.84 Å². The number of hydrogen-bond donors (Lipinski definition) is 1. The first-order chi connectivity index (χ1) is 15.5. The van der Waals surface area contributed by atoms with Crippen LogP contribution in [0.3, 0.4) is 0 Å². The lowest BCUT2D eigenvalue weighted by Crippen LogP contribution is -2.31. The molecule has 1 aliphatic heterocycles. The maximum Gasteiger partial charge on any atom is 0.179 e. The molecule has 7 heteroatoms. The molecule has 1 N–H and O–H groups in total. The predicted octanol–water partition coefficient (Wildman–Crippen LogP) is 3.76. The average molecular weight is 429 g/mol. The molecule has 2 aromatic carbocycles. The number of nitrogens with zero attached hydrogens (tertiary/aromatic N) is 5. The molecule has 1 atom stereocenters. The fourth-order valence-corrected chi connectivity index (χ4v) is 4.53. The topological polar surface area (TPSA) is 68.1 Å². The van der Waals surface area contributed by atoms with Gasteiger partial charge in [-0.15, -0.1) is 5.10 Å². The van der Waals surface area contributed by atoms with Gasteiger partial charge in [-0.05, 0) is 37.1 Å². The summed E-state index contributed by atoms with van der Waals surface area (Å²) in [6, 6.07) is 16.7. The normalized spacial score (nSPS) is 15.6. The minimum atomic E-state index is 0.307. The molecule has 1 unspecified atom stereocenters. The van der Waals surface area contributed by atoms with Crippen LogP contribution in [-0.4, -0.2) is 47.2 Å². The molecular formula is C25H28N6O. The summed E-state index contributed by atoms with van der Waals surface area (Å²) < 4.78 is 8.36. The standard InChI is InChI=1S/C25H28N6O/c1-16-23-17(2)31(29-24(23)25(28-27-16)30(3)4)21-11-7-8-12-22(21)32-15-19-14-26-13-18-9-5-6-10-20(18)19/h5-12,19,26H,13-15H2,1-4H3. The minimum Gasteiger partial charge on any atom is -0.491 e. The molecule has 0 bridgehead atoms. The maximum atomic E-state index is 6.40. The lowest BCUT2D eigenvalue weighted by molar-refractivity contribution is 0.277. The Morgan fingerprint density at radius 3 is 2.69 bits per heavy atom. The molecular weight excluding hydrogens is 400 g/mol. The minimum absolute atomic E-state index is 0.307. The fraction of sp³-hybridized carbons (Fsp3) is 0.320. The molecule has 0 saturated carbocycles. The highest BCUT2D eigenvalue weighted by Gasteiger charge is 2.22. The van der Waals surface area contributed by atoms with Crippen LogP contribution in [0.2, 0.25) is 0 Å². The second-order valence-corrected chi connectivity index (χ2v) is 8.53. The number of nitrogens with one attached hydrogen (secondary N) is 1. The van der Waals surface area contributed by atoms with E-state index in [1.165, 1.54) is 11.1 Å². The zero-order valence-electron chi connectivity index (χ0n) is 19.0. The van der Waals surface area contributed by atoms with Crippen LogP contribution in [0.5, 0.6) is 5.75 Å². The van der Waals surface area contributed by atoms with Crippen LogP contribution in [0.4, 0.5) is 5.82 Å². The van der Waals surface area contributed by atoms with Crippen molar-refractivity contribution in [2.45, 2.75) is 26.3 Å². The Balaban J connectivity index is 1.51. The van der Waals surface area contributed by atoms with Gasteiger partial charge < -0.3 is 15.0 Å². The Morgan fingerprint density at radius 1 is 1.06 bits per heavy atom. The number of aryl methyl sites for hydroxylation is 2. The van der Waals surface area contributed by atoms with E-state index < -0.39 is 0 Å². The number of anilines is 1. The van der Waals surface area contributed by atoms with Crippen molar-refractivity contribution >= 4 is 16.7 Å². The third-order valence-corrected chi connectivity index (χ3v) is 6.14. The molecule has 5 rings (SSSR count). The summed E-state index contributed by atoms with van der Waals surface area (Å²) in [5.74, 6) is 1.88. The van der Waals surface area contributed by atoms with E-state index in [9.17, 15) is 0 Å². The largest absolute Gasteiger partial charge is 0.491 e. The van der Waals surface area contributed by atoms with Gasteiger partial charge in [-0.2, -0.15) is 10.2 Å². The molecule has 0 aliphatic carbocycles. The van der Waals surface area contributed by atoms with Crippen molar-refractivity contribution in [3.63, 3.8) is 0 Å². The van der Waals surface area contributed by atoms with Crippen LogP contribution in [0.1, 0.15) is 28.4 Å². The number of aromatic nitrogens is 4.